The normalized spacial score (nSPS) is 22.8. The molecule has 3 rings (SSSR count). The highest BCUT2D eigenvalue weighted by Gasteiger charge is 2.38. The van der Waals surface area contributed by atoms with Crippen LogP contribution in [0.1, 0.15) is 31.7 Å². The molecular weight excluding hydrogens is 280 g/mol. The van der Waals surface area contributed by atoms with Crippen LogP contribution >= 0.6 is 0 Å². The van der Waals surface area contributed by atoms with E-state index in [0.29, 0.717) is 24.3 Å². The highest BCUT2D eigenvalue weighted by Crippen LogP contribution is 2.37. The Kier molecular flexibility index (Phi) is 4.32. The maximum atomic E-state index is 11.8. The largest absolute Gasteiger partial charge is 0.484 e. The number of hydrogen-bond donors (Lipinski definition) is 2. The molecule has 5 nitrogen and oxygen atoms in total. The van der Waals surface area contributed by atoms with Gasteiger partial charge in [0.25, 0.3) is 5.91 Å². The summed E-state index contributed by atoms with van der Waals surface area (Å²) in [5.41, 5.74) is 0.974. The first-order valence-corrected chi connectivity index (χ1v) is 7.90. The van der Waals surface area contributed by atoms with Crippen LogP contribution in [0.4, 0.5) is 0 Å². The predicted octanol–water partition coefficient (Wildman–Crippen LogP) is 1.62. The predicted molar refractivity (Wildman–Crippen MR) is 82.2 cm³/mol. The Morgan fingerprint density at radius 2 is 2.09 bits per heavy atom. The van der Waals surface area contributed by atoms with E-state index in [0.717, 1.165) is 24.8 Å². The first-order chi connectivity index (χ1) is 10.6. The lowest BCUT2D eigenvalue weighted by molar-refractivity contribution is -0.123. The fourth-order valence-corrected chi connectivity index (χ4v) is 2.40. The molecule has 0 bridgehead atoms. The van der Waals surface area contributed by atoms with Crippen LogP contribution in [0.2, 0.25) is 0 Å². The molecule has 2 fully saturated rings. The average Bonchev–Trinajstić information content (AvgIpc) is 3.42. The summed E-state index contributed by atoms with van der Waals surface area (Å²) in [5.74, 6) is 1.40. The minimum atomic E-state index is -0.0797. The van der Waals surface area contributed by atoms with Crippen molar-refractivity contribution in [2.45, 2.75) is 38.8 Å². The van der Waals surface area contributed by atoms with Crippen LogP contribution in [0.25, 0.3) is 0 Å². The molecule has 0 heterocycles. The van der Waals surface area contributed by atoms with Gasteiger partial charge in [-0.2, -0.15) is 0 Å². The molecule has 118 valence electrons. The van der Waals surface area contributed by atoms with Crippen LogP contribution in [0.3, 0.4) is 0 Å². The molecule has 2 unspecified atom stereocenters. The van der Waals surface area contributed by atoms with Crippen LogP contribution < -0.4 is 15.4 Å². The van der Waals surface area contributed by atoms with Gasteiger partial charge < -0.3 is 15.4 Å². The van der Waals surface area contributed by atoms with Crippen molar-refractivity contribution < 1.29 is 14.3 Å². The molecule has 1 aromatic carbocycles. The number of amides is 2. The first-order valence-electron chi connectivity index (χ1n) is 7.90. The zero-order chi connectivity index (χ0) is 15.5. The molecule has 2 aliphatic rings. The number of ether oxygens (including phenoxy) is 1. The highest BCUT2D eigenvalue weighted by atomic mass is 16.5. The number of nitrogens with one attached hydrogen (secondary N) is 2. The van der Waals surface area contributed by atoms with Crippen molar-refractivity contribution in [1.82, 2.24) is 10.6 Å². The maximum absolute atomic E-state index is 11.8. The molecule has 2 amide bonds. The molecule has 0 aliphatic heterocycles. The summed E-state index contributed by atoms with van der Waals surface area (Å²) in [4.78, 5) is 23.4. The van der Waals surface area contributed by atoms with Crippen molar-refractivity contribution in [2.75, 3.05) is 6.61 Å². The van der Waals surface area contributed by atoms with Crippen LogP contribution in [0.15, 0.2) is 24.3 Å². The molecule has 2 atom stereocenters. The fourth-order valence-electron chi connectivity index (χ4n) is 2.40. The molecule has 2 aliphatic carbocycles. The number of carbonyl (C=O) groups is 2. The van der Waals surface area contributed by atoms with Crippen LogP contribution in [-0.4, -0.2) is 24.5 Å². The topological polar surface area (TPSA) is 67.4 Å². The molecule has 22 heavy (non-hydrogen) atoms. The molecule has 0 radical (unpaired) electrons. The van der Waals surface area contributed by atoms with E-state index in [4.69, 9.17) is 4.74 Å². The molecule has 1 aromatic rings. The Morgan fingerprint density at radius 1 is 1.32 bits per heavy atom. The molecule has 2 N–H and O–H groups in total. The minimum absolute atomic E-state index is 0.0336. The smallest absolute Gasteiger partial charge is 0.258 e. The fraction of sp³-hybridized carbons (Fsp3) is 0.529. The van der Waals surface area contributed by atoms with Gasteiger partial charge >= 0.3 is 0 Å². The van der Waals surface area contributed by atoms with E-state index in [9.17, 15) is 9.59 Å². The summed E-state index contributed by atoms with van der Waals surface area (Å²) in [6.07, 6.45) is 3.13. The zero-order valence-corrected chi connectivity index (χ0v) is 12.8. The molecule has 2 saturated carbocycles. The number of benzene rings is 1. The van der Waals surface area contributed by atoms with Crippen LogP contribution in [0, 0.1) is 11.8 Å². The summed E-state index contributed by atoms with van der Waals surface area (Å²) >= 11 is 0. The summed E-state index contributed by atoms with van der Waals surface area (Å²) in [7, 11) is 0. The molecular formula is C17H22N2O3. The number of rotatable bonds is 7. The lowest BCUT2D eigenvalue weighted by atomic mass is 10.2. The highest BCUT2D eigenvalue weighted by molar-refractivity contribution is 5.81. The van der Waals surface area contributed by atoms with Crippen molar-refractivity contribution in [3.8, 4) is 5.75 Å². The molecule has 0 saturated heterocycles. The monoisotopic (exact) mass is 302 g/mol. The second-order valence-corrected chi connectivity index (χ2v) is 6.32. The summed E-state index contributed by atoms with van der Waals surface area (Å²) < 4.78 is 5.50. The SMILES string of the molecule is CC1CC1C(=O)NCc1cccc(OCC(=O)NC2CC2)c1. The van der Waals surface area contributed by atoms with Crippen molar-refractivity contribution in [3.05, 3.63) is 29.8 Å². The minimum Gasteiger partial charge on any atom is -0.484 e. The number of carbonyl (C=O) groups excluding carboxylic acids is 2. The van der Waals surface area contributed by atoms with E-state index in [1.807, 2.05) is 24.3 Å². The Bertz CT molecular complexity index is 569. The van der Waals surface area contributed by atoms with E-state index >= 15 is 0 Å². The van der Waals surface area contributed by atoms with Crippen LogP contribution in [-0.2, 0) is 16.1 Å². The van der Waals surface area contributed by atoms with Gasteiger partial charge in [-0.25, -0.2) is 0 Å². The van der Waals surface area contributed by atoms with Crippen molar-refractivity contribution >= 4 is 11.8 Å². The van der Waals surface area contributed by atoms with Gasteiger partial charge in [-0.3, -0.25) is 9.59 Å². The van der Waals surface area contributed by atoms with E-state index in [2.05, 4.69) is 17.6 Å². The maximum Gasteiger partial charge on any atom is 0.258 e. The quantitative estimate of drug-likeness (QED) is 0.804. The van der Waals surface area contributed by atoms with Crippen LogP contribution in [0.5, 0.6) is 5.75 Å². The lowest BCUT2D eigenvalue weighted by Crippen LogP contribution is -2.30. The molecule has 5 heteroatoms. The van der Waals surface area contributed by atoms with E-state index < -0.39 is 0 Å². The Hall–Kier alpha value is -2.04. The van der Waals surface area contributed by atoms with Gasteiger partial charge in [0.05, 0.1) is 0 Å². The molecule has 0 aromatic heterocycles. The van der Waals surface area contributed by atoms with Gasteiger partial charge in [0.1, 0.15) is 5.75 Å². The van der Waals surface area contributed by atoms with Gasteiger partial charge in [0.15, 0.2) is 6.61 Å². The van der Waals surface area contributed by atoms with Gasteiger partial charge in [0.2, 0.25) is 5.91 Å². The van der Waals surface area contributed by atoms with Crippen molar-refractivity contribution in [3.63, 3.8) is 0 Å². The number of hydrogen-bond acceptors (Lipinski definition) is 3. The van der Waals surface area contributed by atoms with Gasteiger partial charge in [-0.05, 0) is 42.9 Å². The summed E-state index contributed by atoms with van der Waals surface area (Å²) in [6.45, 7) is 2.62. The molecule has 0 spiro atoms. The Balaban J connectivity index is 1.44. The zero-order valence-electron chi connectivity index (χ0n) is 12.8. The third kappa shape index (κ3) is 4.23. The Morgan fingerprint density at radius 3 is 2.77 bits per heavy atom. The van der Waals surface area contributed by atoms with Gasteiger partial charge in [0, 0.05) is 18.5 Å². The van der Waals surface area contributed by atoms with Gasteiger partial charge in [-0.15, -0.1) is 0 Å². The second kappa shape index (κ2) is 6.38. The van der Waals surface area contributed by atoms with Gasteiger partial charge in [-0.1, -0.05) is 19.1 Å². The van der Waals surface area contributed by atoms with Crippen molar-refractivity contribution in [1.29, 1.82) is 0 Å². The van der Waals surface area contributed by atoms with Crippen molar-refractivity contribution in [2.24, 2.45) is 11.8 Å². The summed E-state index contributed by atoms with van der Waals surface area (Å²) in [6, 6.07) is 7.84. The third-order valence-corrected chi connectivity index (χ3v) is 4.12. The summed E-state index contributed by atoms with van der Waals surface area (Å²) in [5, 5.41) is 5.83. The van der Waals surface area contributed by atoms with E-state index in [1.165, 1.54) is 0 Å². The standard InChI is InChI=1S/C17H22N2O3/c1-11-7-15(11)17(21)18-9-12-3-2-4-14(8-12)22-10-16(20)19-13-5-6-13/h2-4,8,11,13,15H,5-7,9-10H2,1H3,(H,18,21)(H,19,20). The second-order valence-electron chi connectivity index (χ2n) is 6.32. The van der Waals surface area contributed by atoms with E-state index in [-0.39, 0.29) is 24.3 Å². The average molecular weight is 302 g/mol. The Labute approximate surface area is 130 Å². The van der Waals surface area contributed by atoms with E-state index in [1.54, 1.807) is 0 Å². The first kappa shape index (κ1) is 14.9. The lowest BCUT2D eigenvalue weighted by Gasteiger charge is -2.09. The third-order valence-electron chi connectivity index (χ3n) is 4.12.